The lowest BCUT2D eigenvalue weighted by atomic mass is 10.1. The van der Waals surface area contributed by atoms with Crippen LogP contribution in [0.1, 0.15) is 71.1 Å². The average Bonchev–Trinajstić information content (AvgIpc) is 3.02. The summed E-state index contributed by atoms with van der Waals surface area (Å²) >= 11 is 0. The molecule has 29 heavy (non-hydrogen) atoms. The van der Waals surface area contributed by atoms with Gasteiger partial charge in [0.25, 0.3) is 5.82 Å². The minimum Gasteiger partial charge on any atom is -1.00 e. The van der Waals surface area contributed by atoms with Crippen LogP contribution in [0.25, 0.3) is 22.4 Å². The van der Waals surface area contributed by atoms with E-state index < -0.39 is 0 Å². The number of unbranched alkanes of at least 4 members (excludes halogenated alkanes) is 9. The number of nitrogens with zero attached hydrogens (tertiary/aromatic N) is 2. The molecule has 158 valence electrons. The molecule has 1 heterocycles. The lowest BCUT2D eigenvalue weighted by Gasteiger charge is -2.05. The Hall–Kier alpha value is -1.61. The van der Waals surface area contributed by atoms with Crippen LogP contribution in [-0.2, 0) is 13.6 Å². The molecule has 3 heteroatoms. The highest BCUT2D eigenvalue weighted by atomic mass is 79.9. The van der Waals surface area contributed by atoms with Gasteiger partial charge in [-0.1, -0.05) is 88.6 Å². The summed E-state index contributed by atoms with van der Waals surface area (Å²) in [5.41, 5.74) is 3.96. The molecule has 0 saturated heterocycles. The maximum absolute atomic E-state index is 2.52. The zero-order valence-corrected chi connectivity index (χ0v) is 19.8. The molecule has 3 aromatic rings. The van der Waals surface area contributed by atoms with Gasteiger partial charge >= 0.3 is 0 Å². The van der Waals surface area contributed by atoms with Crippen molar-refractivity contribution in [3.8, 4) is 11.4 Å². The fraction of sp³-hybridized carbons (Fsp3) is 0.500. The van der Waals surface area contributed by atoms with Gasteiger partial charge in [0.2, 0.25) is 0 Å². The molecule has 0 spiro atoms. The highest BCUT2D eigenvalue weighted by Crippen LogP contribution is 2.23. The predicted octanol–water partition coefficient (Wildman–Crippen LogP) is 4.06. The van der Waals surface area contributed by atoms with Crippen molar-refractivity contribution in [3.63, 3.8) is 0 Å². The second-order valence-electron chi connectivity index (χ2n) is 8.07. The first kappa shape index (κ1) is 23.7. The minimum atomic E-state index is 0. The molecule has 0 aliphatic rings. The van der Waals surface area contributed by atoms with Crippen LogP contribution in [0, 0.1) is 0 Å². The van der Waals surface area contributed by atoms with Gasteiger partial charge in [-0.2, -0.15) is 0 Å². The molecule has 2 nitrogen and oxygen atoms in total. The Morgan fingerprint density at radius 2 is 1.24 bits per heavy atom. The number of halogens is 1. The molecule has 0 N–H and O–H groups in total. The van der Waals surface area contributed by atoms with Crippen LogP contribution >= 0.6 is 0 Å². The van der Waals surface area contributed by atoms with E-state index >= 15 is 0 Å². The molecule has 0 fully saturated rings. The number of hydrogen-bond acceptors (Lipinski definition) is 0. The van der Waals surface area contributed by atoms with Crippen molar-refractivity contribution in [2.75, 3.05) is 0 Å². The first-order chi connectivity index (χ1) is 13.8. The fourth-order valence-corrected chi connectivity index (χ4v) is 4.31. The molecule has 0 amide bonds. The van der Waals surface area contributed by atoms with E-state index in [1.165, 1.54) is 86.6 Å². The van der Waals surface area contributed by atoms with E-state index in [4.69, 9.17) is 0 Å². The molecule has 0 unspecified atom stereocenters. The topological polar surface area (TPSA) is 8.81 Å². The Morgan fingerprint density at radius 1 is 0.690 bits per heavy atom. The van der Waals surface area contributed by atoms with Gasteiger partial charge < -0.3 is 17.0 Å². The number of para-hydroxylation sites is 2. The van der Waals surface area contributed by atoms with Gasteiger partial charge in [0.1, 0.15) is 0 Å². The Labute approximate surface area is 187 Å². The monoisotopic (exact) mass is 456 g/mol. The van der Waals surface area contributed by atoms with Crippen LogP contribution in [0.15, 0.2) is 54.6 Å². The molecule has 0 radical (unpaired) electrons. The van der Waals surface area contributed by atoms with Crippen LogP contribution in [0.5, 0.6) is 0 Å². The largest absolute Gasteiger partial charge is 1.00 e. The summed E-state index contributed by atoms with van der Waals surface area (Å²) in [6, 6.07) is 19.6. The maximum Gasteiger partial charge on any atom is 0.289 e. The van der Waals surface area contributed by atoms with E-state index in [2.05, 4.69) is 77.7 Å². The number of benzene rings is 2. The molecule has 0 aliphatic heterocycles. The minimum absolute atomic E-state index is 0. The maximum atomic E-state index is 2.52. The van der Waals surface area contributed by atoms with Crippen molar-refractivity contribution in [3.05, 3.63) is 54.6 Å². The summed E-state index contributed by atoms with van der Waals surface area (Å²) in [6.45, 7) is 3.39. The lowest BCUT2D eigenvalue weighted by molar-refractivity contribution is -0.634. The van der Waals surface area contributed by atoms with Crippen molar-refractivity contribution in [2.45, 2.75) is 77.7 Å². The third kappa shape index (κ3) is 6.44. The number of aromatic nitrogens is 2. The first-order valence-corrected chi connectivity index (χ1v) is 11.4. The predicted molar refractivity (Wildman–Crippen MR) is 120 cm³/mol. The van der Waals surface area contributed by atoms with Crippen molar-refractivity contribution in [1.82, 2.24) is 4.57 Å². The van der Waals surface area contributed by atoms with Crippen molar-refractivity contribution in [1.29, 1.82) is 0 Å². The van der Waals surface area contributed by atoms with E-state index in [1.807, 2.05) is 0 Å². The summed E-state index contributed by atoms with van der Waals surface area (Å²) in [7, 11) is 2.19. The zero-order valence-electron chi connectivity index (χ0n) is 18.2. The van der Waals surface area contributed by atoms with Crippen molar-refractivity contribution < 1.29 is 21.5 Å². The Kier molecular flexibility index (Phi) is 10.5. The summed E-state index contributed by atoms with van der Waals surface area (Å²) < 4.78 is 4.87. The zero-order chi connectivity index (χ0) is 19.6. The normalized spacial score (nSPS) is 11.0. The van der Waals surface area contributed by atoms with Gasteiger partial charge in [-0.25, -0.2) is 9.13 Å². The van der Waals surface area contributed by atoms with E-state index in [9.17, 15) is 0 Å². The molecule has 1 aromatic heterocycles. The number of aryl methyl sites for hydroxylation is 2. The van der Waals surface area contributed by atoms with Crippen molar-refractivity contribution in [2.24, 2.45) is 7.05 Å². The third-order valence-corrected chi connectivity index (χ3v) is 5.87. The Bertz CT molecular complexity index is 839. The molecule has 0 atom stereocenters. The molecule has 0 aliphatic carbocycles. The average molecular weight is 458 g/mol. The molecule has 0 bridgehead atoms. The Morgan fingerprint density at radius 3 is 1.90 bits per heavy atom. The van der Waals surface area contributed by atoms with Gasteiger partial charge in [-0.15, -0.1) is 0 Å². The molecule has 2 aromatic carbocycles. The van der Waals surface area contributed by atoms with E-state index in [0.29, 0.717) is 0 Å². The molecule has 3 rings (SSSR count). The second-order valence-corrected chi connectivity index (χ2v) is 8.07. The number of rotatable bonds is 12. The second kappa shape index (κ2) is 12.8. The number of fused-ring (bicyclic) bond motifs is 1. The Balaban J connectivity index is 0.00000300. The van der Waals surface area contributed by atoms with Crippen LogP contribution in [-0.4, -0.2) is 4.57 Å². The highest BCUT2D eigenvalue weighted by molar-refractivity contribution is 5.76. The van der Waals surface area contributed by atoms with Crippen LogP contribution in [0.2, 0.25) is 0 Å². The summed E-state index contributed by atoms with van der Waals surface area (Å²) in [5, 5.41) is 0. The summed E-state index contributed by atoms with van der Waals surface area (Å²) in [5.74, 6) is 1.32. The molecular weight excluding hydrogens is 420 g/mol. The first-order valence-electron chi connectivity index (χ1n) is 11.4. The SMILES string of the molecule is CCCCCCCCCCCCn1c(-c2ccccc2)[n+](C)c2ccccc21.[Br-]. The quantitative estimate of drug-likeness (QED) is 0.287. The smallest absolute Gasteiger partial charge is 0.289 e. The fourth-order valence-electron chi connectivity index (χ4n) is 4.31. The molecular formula is C26H37BrN2. The molecule has 0 saturated carbocycles. The van der Waals surface area contributed by atoms with Crippen LogP contribution in [0.4, 0.5) is 0 Å². The third-order valence-electron chi connectivity index (χ3n) is 5.87. The van der Waals surface area contributed by atoms with E-state index in [1.54, 1.807) is 0 Å². The van der Waals surface area contributed by atoms with Gasteiger partial charge in [0, 0.05) is 0 Å². The van der Waals surface area contributed by atoms with Gasteiger partial charge in [0.05, 0.1) is 19.2 Å². The summed E-state index contributed by atoms with van der Waals surface area (Å²) in [6.07, 6.45) is 13.8. The van der Waals surface area contributed by atoms with Crippen molar-refractivity contribution >= 4 is 11.0 Å². The van der Waals surface area contributed by atoms with Gasteiger partial charge in [-0.3, -0.25) is 0 Å². The lowest BCUT2D eigenvalue weighted by Crippen LogP contribution is -3.00. The standard InChI is InChI=1S/C26H37N2.BrH/c1-3-4-5-6-7-8-9-10-11-17-22-28-25-21-16-15-20-24(25)27(2)26(28)23-18-13-12-14-19-23;/h12-16,18-21H,3-11,17,22H2,1-2H3;1H/q+1;/p-1. The number of imidazole rings is 1. The van der Waals surface area contributed by atoms with Crippen LogP contribution < -0.4 is 21.5 Å². The van der Waals surface area contributed by atoms with Crippen LogP contribution in [0.3, 0.4) is 0 Å². The van der Waals surface area contributed by atoms with Gasteiger partial charge in [0.15, 0.2) is 11.0 Å². The van der Waals surface area contributed by atoms with E-state index in [-0.39, 0.29) is 17.0 Å². The summed E-state index contributed by atoms with van der Waals surface area (Å²) in [4.78, 5) is 0. The van der Waals surface area contributed by atoms with Gasteiger partial charge in [-0.05, 0) is 37.1 Å². The number of hydrogen-bond donors (Lipinski definition) is 0. The van der Waals surface area contributed by atoms with E-state index in [0.717, 1.165) is 6.54 Å². The highest BCUT2D eigenvalue weighted by Gasteiger charge is 2.23.